The Morgan fingerprint density at radius 2 is 1.96 bits per heavy atom. The Morgan fingerprint density at radius 1 is 1.25 bits per heavy atom. The van der Waals surface area contributed by atoms with Crippen LogP contribution in [0.25, 0.3) is 0 Å². The van der Waals surface area contributed by atoms with Crippen molar-refractivity contribution in [2.45, 2.75) is 26.5 Å². The topological polar surface area (TPSA) is 58.6 Å². The molecule has 1 heterocycles. The maximum Gasteiger partial charge on any atom is 0.268 e. The number of rotatable bonds is 3. The largest absolute Gasteiger partial charge is 0.479 e. The molecule has 0 aromatic heterocycles. The van der Waals surface area contributed by atoms with Crippen LogP contribution in [-0.2, 0) is 16.1 Å². The van der Waals surface area contributed by atoms with Crippen molar-refractivity contribution in [1.82, 2.24) is 0 Å². The first-order chi connectivity index (χ1) is 11.4. The normalized spacial score (nSPS) is 16.4. The SMILES string of the molecule is CC(=O)Nc1ccc(CN2C(=O)C(C)Oc3cc(Cl)ccc32)cc1. The summed E-state index contributed by atoms with van der Waals surface area (Å²) in [5, 5.41) is 3.28. The number of amides is 2. The standard InChI is InChI=1S/C18H17ClN2O3/c1-11-18(23)21(16-8-5-14(19)9-17(16)24-11)10-13-3-6-15(7-4-13)20-12(2)22/h3-9,11H,10H2,1-2H3,(H,20,22). The molecule has 124 valence electrons. The molecule has 1 aliphatic heterocycles. The fourth-order valence-corrected chi connectivity index (χ4v) is 2.79. The summed E-state index contributed by atoms with van der Waals surface area (Å²) in [5.41, 5.74) is 2.38. The fourth-order valence-electron chi connectivity index (χ4n) is 2.63. The van der Waals surface area contributed by atoms with E-state index in [0.717, 1.165) is 11.3 Å². The van der Waals surface area contributed by atoms with Crippen LogP contribution in [0.15, 0.2) is 42.5 Å². The highest BCUT2D eigenvalue weighted by Crippen LogP contribution is 2.37. The van der Waals surface area contributed by atoms with Crippen LogP contribution in [0.3, 0.4) is 0 Å². The minimum absolute atomic E-state index is 0.101. The zero-order chi connectivity index (χ0) is 17.3. The van der Waals surface area contributed by atoms with Gasteiger partial charge in [-0.15, -0.1) is 0 Å². The van der Waals surface area contributed by atoms with Gasteiger partial charge >= 0.3 is 0 Å². The van der Waals surface area contributed by atoms with Crippen molar-refractivity contribution < 1.29 is 14.3 Å². The number of halogens is 1. The molecular weight excluding hydrogens is 328 g/mol. The smallest absolute Gasteiger partial charge is 0.268 e. The van der Waals surface area contributed by atoms with Crippen molar-refractivity contribution in [3.05, 3.63) is 53.1 Å². The lowest BCUT2D eigenvalue weighted by Crippen LogP contribution is -2.43. The van der Waals surface area contributed by atoms with Crippen molar-refractivity contribution in [2.24, 2.45) is 0 Å². The van der Waals surface area contributed by atoms with Crippen molar-refractivity contribution in [2.75, 3.05) is 10.2 Å². The predicted molar refractivity (Wildman–Crippen MR) is 93.5 cm³/mol. The van der Waals surface area contributed by atoms with E-state index >= 15 is 0 Å². The first kappa shape index (κ1) is 16.3. The van der Waals surface area contributed by atoms with E-state index in [4.69, 9.17) is 16.3 Å². The summed E-state index contributed by atoms with van der Waals surface area (Å²) in [7, 11) is 0. The van der Waals surface area contributed by atoms with E-state index in [1.54, 1.807) is 30.0 Å². The number of hydrogen-bond acceptors (Lipinski definition) is 3. The number of carbonyl (C=O) groups excluding carboxylic acids is 2. The molecule has 1 unspecified atom stereocenters. The molecule has 0 saturated heterocycles. The van der Waals surface area contributed by atoms with Crippen LogP contribution in [0.2, 0.25) is 5.02 Å². The molecule has 0 fully saturated rings. The molecule has 0 spiro atoms. The van der Waals surface area contributed by atoms with Gasteiger partial charge in [-0.3, -0.25) is 9.59 Å². The van der Waals surface area contributed by atoms with Crippen LogP contribution in [-0.4, -0.2) is 17.9 Å². The van der Waals surface area contributed by atoms with E-state index in [1.807, 2.05) is 24.3 Å². The summed E-state index contributed by atoms with van der Waals surface area (Å²) in [5.74, 6) is 0.381. The highest BCUT2D eigenvalue weighted by atomic mass is 35.5. The van der Waals surface area contributed by atoms with Gasteiger partial charge in [0.2, 0.25) is 5.91 Å². The van der Waals surface area contributed by atoms with Crippen LogP contribution in [0.4, 0.5) is 11.4 Å². The number of hydrogen-bond donors (Lipinski definition) is 1. The summed E-state index contributed by atoms with van der Waals surface area (Å²) in [6, 6.07) is 12.6. The van der Waals surface area contributed by atoms with E-state index in [0.29, 0.717) is 23.0 Å². The summed E-state index contributed by atoms with van der Waals surface area (Å²) >= 11 is 6.01. The van der Waals surface area contributed by atoms with Crippen LogP contribution < -0.4 is 15.0 Å². The third-order valence-corrected chi connectivity index (χ3v) is 3.98. The first-order valence-electron chi connectivity index (χ1n) is 7.58. The number of benzene rings is 2. The zero-order valence-corrected chi connectivity index (χ0v) is 14.1. The molecule has 0 radical (unpaired) electrons. The zero-order valence-electron chi connectivity index (χ0n) is 13.4. The fraction of sp³-hybridized carbons (Fsp3) is 0.222. The molecule has 5 nitrogen and oxygen atoms in total. The molecule has 1 aliphatic rings. The predicted octanol–water partition coefficient (Wildman–Crippen LogP) is 3.61. The Labute approximate surface area is 145 Å². The van der Waals surface area contributed by atoms with E-state index in [1.165, 1.54) is 6.92 Å². The molecule has 24 heavy (non-hydrogen) atoms. The Hall–Kier alpha value is -2.53. The number of ether oxygens (including phenoxy) is 1. The molecule has 6 heteroatoms. The van der Waals surface area contributed by atoms with Gasteiger partial charge in [0.25, 0.3) is 5.91 Å². The highest BCUT2D eigenvalue weighted by molar-refractivity contribution is 6.30. The van der Waals surface area contributed by atoms with Gasteiger partial charge in [-0.1, -0.05) is 23.7 Å². The summed E-state index contributed by atoms with van der Waals surface area (Å²) in [4.78, 5) is 25.3. The number of nitrogens with one attached hydrogen (secondary N) is 1. The first-order valence-corrected chi connectivity index (χ1v) is 7.96. The molecule has 2 aromatic rings. The van der Waals surface area contributed by atoms with Gasteiger partial charge in [0, 0.05) is 23.7 Å². The van der Waals surface area contributed by atoms with Gasteiger partial charge < -0.3 is 15.0 Å². The van der Waals surface area contributed by atoms with Crippen LogP contribution in [0.5, 0.6) is 5.75 Å². The second kappa shape index (κ2) is 6.53. The molecule has 3 rings (SSSR count). The third-order valence-electron chi connectivity index (χ3n) is 3.75. The summed E-state index contributed by atoms with van der Waals surface area (Å²) in [6.45, 7) is 3.60. The Bertz CT molecular complexity index is 789. The molecule has 0 bridgehead atoms. The van der Waals surface area contributed by atoms with Gasteiger partial charge in [0.15, 0.2) is 6.10 Å². The average Bonchev–Trinajstić information content (AvgIpc) is 2.53. The van der Waals surface area contributed by atoms with E-state index in [2.05, 4.69) is 5.32 Å². The maximum absolute atomic E-state index is 12.5. The van der Waals surface area contributed by atoms with E-state index < -0.39 is 6.10 Å². The van der Waals surface area contributed by atoms with Gasteiger partial charge in [0.1, 0.15) is 5.75 Å². The second-order valence-corrected chi connectivity index (χ2v) is 6.11. The Kier molecular flexibility index (Phi) is 4.44. The summed E-state index contributed by atoms with van der Waals surface area (Å²) in [6.07, 6.45) is -0.561. The van der Waals surface area contributed by atoms with E-state index in [-0.39, 0.29) is 11.8 Å². The van der Waals surface area contributed by atoms with Crippen molar-refractivity contribution in [1.29, 1.82) is 0 Å². The maximum atomic E-state index is 12.5. The lowest BCUT2D eigenvalue weighted by molar-refractivity contribution is -0.125. The average molecular weight is 345 g/mol. The lowest BCUT2D eigenvalue weighted by Gasteiger charge is -2.33. The molecule has 1 N–H and O–H groups in total. The third kappa shape index (κ3) is 3.36. The van der Waals surface area contributed by atoms with Crippen molar-refractivity contribution in [3.63, 3.8) is 0 Å². The molecular formula is C18H17ClN2O3. The van der Waals surface area contributed by atoms with Gasteiger partial charge in [0.05, 0.1) is 12.2 Å². The molecule has 2 amide bonds. The minimum atomic E-state index is -0.561. The summed E-state index contributed by atoms with van der Waals surface area (Å²) < 4.78 is 5.63. The van der Waals surface area contributed by atoms with Crippen LogP contribution in [0, 0.1) is 0 Å². The van der Waals surface area contributed by atoms with Crippen molar-refractivity contribution >= 4 is 34.8 Å². The molecule has 2 aromatic carbocycles. The molecule has 0 saturated carbocycles. The number of nitrogens with zero attached hydrogens (tertiary/aromatic N) is 1. The van der Waals surface area contributed by atoms with Crippen LogP contribution in [0.1, 0.15) is 19.4 Å². The quantitative estimate of drug-likeness (QED) is 0.925. The number of carbonyl (C=O) groups is 2. The van der Waals surface area contributed by atoms with E-state index in [9.17, 15) is 9.59 Å². The Balaban J connectivity index is 1.86. The van der Waals surface area contributed by atoms with Crippen LogP contribution >= 0.6 is 11.6 Å². The molecule has 1 atom stereocenters. The number of anilines is 2. The van der Waals surface area contributed by atoms with Gasteiger partial charge in [-0.25, -0.2) is 0 Å². The second-order valence-electron chi connectivity index (χ2n) is 5.67. The van der Waals surface area contributed by atoms with Crippen molar-refractivity contribution in [3.8, 4) is 5.75 Å². The Morgan fingerprint density at radius 3 is 2.62 bits per heavy atom. The highest BCUT2D eigenvalue weighted by Gasteiger charge is 2.31. The van der Waals surface area contributed by atoms with Gasteiger partial charge in [-0.05, 0) is 36.8 Å². The number of fused-ring (bicyclic) bond motifs is 1. The monoisotopic (exact) mass is 344 g/mol. The lowest BCUT2D eigenvalue weighted by atomic mass is 10.1. The minimum Gasteiger partial charge on any atom is -0.479 e. The molecule has 0 aliphatic carbocycles. The van der Waals surface area contributed by atoms with Gasteiger partial charge in [-0.2, -0.15) is 0 Å².